The smallest absolute Gasteiger partial charge is 0.330 e. The van der Waals surface area contributed by atoms with E-state index in [0.29, 0.717) is 5.75 Å². The summed E-state index contributed by atoms with van der Waals surface area (Å²) in [5.41, 5.74) is -0.1000. The van der Waals surface area contributed by atoms with Crippen LogP contribution in [-0.4, -0.2) is 31.3 Å². The van der Waals surface area contributed by atoms with Gasteiger partial charge in [-0.2, -0.15) is 8.78 Å². The van der Waals surface area contributed by atoms with Gasteiger partial charge in [-0.15, -0.1) is 0 Å². The van der Waals surface area contributed by atoms with Gasteiger partial charge in [0.1, 0.15) is 5.75 Å². The molecule has 1 rings (SSSR count). The molecular formula is C11H13BrF2O4. The van der Waals surface area contributed by atoms with Crippen molar-refractivity contribution in [1.82, 2.24) is 0 Å². The summed E-state index contributed by atoms with van der Waals surface area (Å²) in [6, 6.07) is 2.62. The molecule has 0 heterocycles. The largest absolute Gasteiger partial charge is 0.496 e. The maximum absolute atomic E-state index is 13.1. The second-order valence-electron chi connectivity index (χ2n) is 3.39. The van der Waals surface area contributed by atoms with Crippen LogP contribution < -0.4 is 14.2 Å². The van der Waals surface area contributed by atoms with Crippen LogP contribution in [0.5, 0.6) is 17.2 Å². The van der Waals surface area contributed by atoms with Gasteiger partial charge in [0.05, 0.1) is 21.3 Å². The third-order valence-electron chi connectivity index (χ3n) is 2.34. The summed E-state index contributed by atoms with van der Waals surface area (Å²) in [5, 5.41) is 9.58. The molecule has 1 N–H and O–H groups in total. The summed E-state index contributed by atoms with van der Waals surface area (Å²) in [4.78, 5) is -3.47. The molecular weight excluding hydrogens is 314 g/mol. The summed E-state index contributed by atoms with van der Waals surface area (Å²) < 4.78 is 41.1. The van der Waals surface area contributed by atoms with E-state index in [0.717, 1.165) is 0 Å². The van der Waals surface area contributed by atoms with Gasteiger partial charge in [-0.25, -0.2) is 0 Å². The maximum atomic E-state index is 13.1. The van der Waals surface area contributed by atoms with Crippen LogP contribution >= 0.6 is 15.9 Å². The Kier molecular flexibility index (Phi) is 4.75. The van der Waals surface area contributed by atoms with Crippen LogP contribution in [0.2, 0.25) is 0 Å². The lowest BCUT2D eigenvalue weighted by atomic mass is 10.1. The number of alkyl halides is 3. The zero-order chi connectivity index (χ0) is 13.9. The lowest BCUT2D eigenvalue weighted by Crippen LogP contribution is -2.19. The Bertz CT molecular complexity index is 420. The number of aliphatic hydroxyl groups is 1. The van der Waals surface area contributed by atoms with E-state index in [9.17, 15) is 13.9 Å². The van der Waals surface area contributed by atoms with Gasteiger partial charge in [-0.05, 0) is 22.0 Å². The Morgan fingerprint density at radius 2 is 1.50 bits per heavy atom. The summed E-state index contributed by atoms with van der Waals surface area (Å²) in [6.45, 7) is 0. The van der Waals surface area contributed by atoms with Crippen molar-refractivity contribution in [3.05, 3.63) is 17.7 Å². The van der Waals surface area contributed by atoms with Crippen LogP contribution in [0.3, 0.4) is 0 Å². The lowest BCUT2D eigenvalue weighted by molar-refractivity contribution is -0.0306. The molecule has 1 aromatic rings. The van der Waals surface area contributed by atoms with E-state index in [2.05, 4.69) is 15.9 Å². The van der Waals surface area contributed by atoms with Crippen LogP contribution in [0.1, 0.15) is 11.7 Å². The number of methoxy groups -OCH3 is 3. The highest BCUT2D eigenvalue weighted by Crippen LogP contribution is 2.44. The monoisotopic (exact) mass is 326 g/mol. The number of rotatable bonds is 5. The molecule has 0 spiro atoms. The topological polar surface area (TPSA) is 47.9 Å². The highest BCUT2D eigenvalue weighted by Gasteiger charge is 2.38. The van der Waals surface area contributed by atoms with Gasteiger partial charge in [0, 0.05) is 11.6 Å². The van der Waals surface area contributed by atoms with Gasteiger partial charge in [0.2, 0.25) is 0 Å². The molecule has 1 unspecified atom stereocenters. The minimum absolute atomic E-state index is 0.0827. The van der Waals surface area contributed by atoms with Gasteiger partial charge in [0.25, 0.3) is 0 Å². The Labute approximate surface area is 112 Å². The number of benzene rings is 1. The molecule has 0 aliphatic carbocycles. The van der Waals surface area contributed by atoms with Crippen molar-refractivity contribution in [2.45, 2.75) is 10.9 Å². The fraction of sp³-hybridized carbons (Fsp3) is 0.455. The summed E-state index contributed by atoms with van der Waals surface area (Å²) in [5.74, 6) is 0.631. The van der Waals surface area contributed by atoms with E-state index in [1.54, 1.807) is 0 Å². The molecule has 0 saturated heterocycles. The lowest BCUT2D eigenvalue weighted by Gasteiger charge is -2.20. The summed E-state index contributed by atoms with van der Waals surface area (Å²) >= 11 is 2.12. The van der Waals surface area contributed by atoms with E-state index in [-0.39, 0.29) is 17.1 Å². The van der Waals surface area contributed by atoms with E-state index in [4.69, 9.17) is 14.2 Å². The minimum atomic E-state index is -3.47. The average Bonchev–Trinajstić information content (AvgIpc) is 2.34. The van der Waals surface area contributed by atoms with Gasteiger partial charge in [0.15, 0.2) is 17.6 Å². The molecule has 0 saturated carbocycles. The molecule has 0 amide bonds. The highest BCUT2D eigenvalue weighted by atomic mass is 79.9. The average molecular weight is 327 g/mol. The van der Waals surface area contributed by atoms with Crippen LogP contribution in [0.25, 0.3) is 0 Å². The van der Waals surface area contributed by atoms with Crippen molar-refractivity contribution in [3.8, 4) is 17.2 Å². The number of aliphatic hydroxyl groups excluding tert-OH is 1. The third kappa shape index (κ3) is 3.02. The van der Waals surface area contributed by atoms with Crippen molar-refractivity contribution in [3.63, 3.8) is 0 Å². The second-order valence-corrected chi connectivity index (χ2v) is 4.45. The van der Waals surface area contributed by atoms with Crippen LogP contribution in [0, 0.1) is 0 Å². The predicted octanol–water partition coefficient (Wildman–Crippen LogP) is 2.73. The van der Waals surface area contributed by atoms with Crippen LogP contribution in [0.4, 0.5) is 8.78 Å². The molecule has 0 aliphatic rings. The number of halogens is 3. The van der Waals surface area contributed by atoms with Crippen molar-refractivity contribution in [2.75, 3.05) is 21.3 Å². The van der Waals surface area contributed by atoms with E-state index >= 15 is 0 Å². The van der Waals surface area contributed by atoms with Crippen LogP contribution in [0.15, 0.2) is 12.1 Å². The predicted molar refractivity (Wildman–Crippen MR) is 64.9 cm³/mol. The summed E-state index contributed by atoms with van der Waals surface area (Å²) in [7, 11) is 4.09. The number of ether oxygens (including phenoxy) is 3. The third-order valence-corrected chi connectivity index (χ3v) is 2.77. The first-order valence-corrected chi connectivity index (χ1v) is 5.69. The zero-order valence-electron chi connectivity index (χ0n) is 10.0. The van der Waals surface area contributed by atoms with Crippen molar-refractivity contribution >= 4 is 15.9 Å². The Hall–Kier alpha value is -1.08. The van der Waals surface area contributed by atoms with E-state index in [1.165, 1.54) is 33.5 Å². The first kappa shape index (κ1) is 15.0. The molecule has 18 heavy (non-hydrogen) atoms. The first-order chi connectivity index (χ1) is 8.35. The van der Waals surface area contributed by atoms with Gasteiger partial charge >= 0.3 is 4.83 Å². The Morgan fingerprint density at radius 3 is 1.89 bits per heavy atom. The van der Waals surface area contributed by atoms with Crippen molar-refractivity contribution in [1.29, 1.82) is 0 Å². The molecule has 0 aromatic heterocycles. The van der Waals surface area contributed by atoms with E-state index in [1.807, 2.05) is 0 Å². The van der Waals surface area contributed by atoms with Crippen molar-refractivity contribution < 1.29 is 28.1 Å². The highest BCUT2D eigenvalue weighted by molar-refractivity contribution is 9.10. The SMILES string of the molecule is COc1cc(OC)c(C(O)C(F)(F)Br)cc1OC. The molecule has 0 fully saturated rings. The molecule has 1 atom stereocenters. The fourth-order valence-corrected chi connectivity index (χ4v) is 1.69. The normalized spacial score (nSPS) is 13.1. The molecule has 0 radical (unpaired) electrons. The number of hydrogen-bond donors (Lipinski definition) is 1. The molecule has 0 aliphatic heterocycles. The molecule has 4 nitrogen and oxygen atoms in total. The van der Waals surface area contributed by atoms with E-state index < -0.39 is 10.9 Å². The zero-order valence-corrected chi connectivity index (χ0v) is 11.6. The fourth-order valence-electron chi connectivity index (χ4n) is 1.44. The molecule has 0 bridgehead atoms. The van der Waals surface area contributed by atoms with Gasteiger partial charge in [-0.1, -0.05) is 0 Å². The minimum Gasteiger partial charge on any atom is -0.496 e. The Balaban J connectivity index is 3.34. The number of hydrogen-bond acceptors (Lipinski definition) is 4. The summed E-state index contributed by atoms with van der Waals surface area (Å²) in [6.07, 6.45) is -2.06. The van der Waals surface area contributed by atoms with Gasteiger partial charge in [-0.3, -0.25) is 0 Å². The molecule has 102 valence electrons. The van der Waals surface area contributed by atoms with Crippen molar-refractivity contribution in [2.24, 2.45) is 0 Å². The molecule has 7 heteroatoms. The standard InChI is InChI=1S/C11H13BrF2O4/c1-16-7-5-9(18-3)8(17-2)4-6(7)10(15)11(12,13)14/h4-5,10,15H,1-3H3. The molecule has 1 aromatic carbocycles. The second kappa shape index (κ2) is 5.71. The Morgan fingerprint density at radius 1 is 1.06 bits per heavy atom. The van der Waals surface area contributed by atoms with Gasteiger partial charge < -0.3 is 19.3 Å². The quantitative estimate of drug-likeness (QED) is 0.845. The first-order valence-electron chi connectivity index (χ1n) is 4.89. The van der Waals surface area contributed by atoms with Crippen LogP contribution in [-0.2, 0) is 0 Å². The maximum Gasteiger partial charge on any atom is 0.330 e.